The Balaban J connectivity index is 1.54. The van der Waals surface area contributed by atoms with E-state index in [9.17, 15) is 4.79 Å². The van der Waals surface area contributed by atoms with Crippen molar-refractivity contribution < 1.29 is 9.53 Å². The van der Waals surface area contributed by atoms with E-state index in [1.165, 1.54) is 0 Å². The zero-order valence-corrected chi connectivity index (χ0v) is 22.8. The van der Waals surface area contributed by atoms with Crippen molar-refractivity contribution in [3.63, 3.8) is 0 Å². The van der Waals surface area contributed by atoms with Gasteiger partial charge in [0.25, 0.3) is 0 Å². The Bertz CT molecular complexity index is 1420. The average molecular weight is 536 g/mol. The van der Waals surface area contributed by atoms with Crippen LogP contribution >= 0.6 is 23.4 Å². The molecule has 0 saturated carbocycles. The molecule has 4 aromatic rings. The van der Waals surface area contributed by atoms with Gasteiger partial charge in [-0.2, -0.15) is 5.10 Å². The lowest BCUT2D eigenvalue weighted by Gasteiger charge is -2.27. The van der Waals surface area contributed by atoms with Crippen LogP contribution in [0.4, 0.5) is 0 Å². The van der Waals surface area contributed by atoms with Crippen molar-refractivity contribution in [3.8, 4) is 11.3 Å². The molecule has 2 aromatic carbocycles. The topological polar surface area (TPSA) is 73.1 Å². The van der Waals surface area contributed by atoms with E-state index in [1.54, 1.807) is 16.4 Å². The van der Waals surface area contributed by atoms with Crippen LogP contribution in [-0.4, -0.2) is 56.1 Å². The second-order valence-corrected chi connectivity index (χ2v) is 10.7. The third-order valence-corrected chi connectivity index (χ3v) is 7.61. The van der Waals surface area contributed by atoms with E-state index in [0.29, 0.717) is 23.9 Å². The summed E-state index contributed by atoms with van der Waals surface area (Å²) >= 11 is 7.87. The molecule has 5 rings (SSSR count). The molecule has 2 aromatic heterocycles. The number of rotatable bonds is 8. The predicted octanol–water partition coefficient (Wildman–Crippen LogP) is 5.69. The maximum absolute atomic E-state index is 13.6. The summed E-state index contributed by atoms with van der Waals surface area (Å²) in [4.78, 5) is 26.1. The molecule has 0 unspecified atom stereocenters. The number of benzene rings is 2. The fourth-order valence-corrected chi connectivity index (χ4v) is 5.29. The smallest absolute Gasteiger partial charge is 0.244 e. The van der Waals surface area contributed by atoms with Crippen molar-refractivity contribution in [1.82, 2.24) is 24.6 Å². The zero-order chi connectivity index (χ0) is 25.9. The van der Waals surface area contributed by atoms with E-state index < -0.39 is 0 Å². The summed E-state index contributed by atoms with van der Waals surface area (Å²) in [6.45, 7) is 5.50. The Hall–Kier alpha value is -2.94. The standard InChI is InChI=1S/C28H30ClN5O2S/c1-18-30-19(2)34(32-18)17-27(35)33(16-24-5-4-12-36-24)15-22-13-21-8-11-25(37-3)14-26(21)31-28(22)20-6-9-23(29)10-7-20/h6-11,13-14,24H,4-5,12,15-17H2,1-3H3/t24-/m1/s1. The minimum atomic E-state index is -0.0246. The number of amides is 1. The van der Waals surface area contributed by atoms with Gasteiger partial charge in [-0.3, -0.25) is 4.79 Å². The van der Waals surface area contributed by atoms with Crippen molar-refractivity contribution in [2.75, 3.05) is 19.4 Å². The minimum Gasteiger partial charge on any atom is -0.376 e. The largest absolute Gasteiger partial charge is 0.376 e. The summed E-state index contributed by atoms with van der Waals surface area (Å²) < 4.78 is 7.58. The molecule has 1 aliphatic rings. The van der Waals surface area contributed by atoms with Crippen LogP contribution in [-0.2, 0) is 22.6 Å². The Morgan fingerprint density at radius 3 is 2.65 bits per heavy atom. The molecule has 1 atom stereocenters. The molecule has 1 aliphatic heterocycles. The number of thioether (sulfide) groups is 1. The first-order chi connectivity index (χ1) is 17.9. The molecule has 0 aliphatic carbocycles. The maximum Gasteiger partial charge on any atom is 0.244 e. The molecule has 37 heavy (non-hydrogen) atoms. The third-order valence-electron chi connectivity index (χ3n) is 6.63. The van der Waals surface area contributed by atoms with Crippen molar-refractivity contribution >= 4 is 40.2 Å². The molecule has 0 bridgehead atoms. The van der Waals surface area contributed by atoms with E-state index in [-0.39, 0.29) is 18.6 Å². The lowest BCUT2D eigenvalue weighted by Crippen LogP contribution is -2.39. The summed E-state index contributed by atoms with van der Waals surface area (Å²) in [5, 5.41) is 6.11. The highest BCUT2D eigenvalue weighted by Crippen LogP contribution is 2.30. The molecule has 0 N–H and O–H groups in total. The molecular formula is C28H30ClN5O2S. The highest BCUT2D eigenvalue weighted by atomic mass is 35.5. The molecule has 1 saturated heterocycles. The maximum atomic E-state index is 13.6. The Morgan fingerprint density at radius 2 is 1.97 bits per heavy atom. The van der Waals surface area contributed by atoms with Gasteiger partial charge in [0, 0.05) is 40.6 Å². The van der Waals surface area contributed by atoms with Crippen LogP contribution in [0.15, 0.2) is 53.4 Å². The average Bonchev–Trinajstić information content (AvgIpc) is 3.52. The van der Waals surface area contributed by atoms with E-state index in [1.807, 2.05) is 43.0 Å². The minimum absolute atomic E-state index is 0.0246. The number of nitrogens with zero attached hydrogens (tertiary/aromatic N) is 5. The number of carbonyl (C=O) groups is 1. The lowest BCUT2D eigenvalue weighted by molar-refractivity contribution is -0.134. The second kappa shape index (κ2) is 11.2. The first-order valence-corrected chi connectivity index (χ1v) is 14.0. The van der Waals surface area contributed by atoms with Crippen LogP contribution < -0.4 is 0 Å². The highest BCUT2D eigenvalue weighted by molar-refractivity contribution is 7.98. The molecule has 0 radical (unpaired) electrons. The van der Waals surface area contributed by atoms with Crippen molar-refractivity contribution in [2.45, 2.75) is 50.8 Å². The van der Waals surface area contributed by atoms with Gasteiger partial charge in [0.05, 0.1) is 17.3 Å². The SMILES string of the molecule is CSc1ccc2cc(CN(C[C@H]3CCCO3)C(=O)Cn3nc(C)nc3C)c(-c3ccc(Cl)cc3)nc2c1. The number of aromatic nitrogens is 4. The molecule has 7 nitrogen and oxygen atoms in total. The molecule has 1 fully saturated rings. The number of carbonyl (C=O) groups excluding carboxylic acids is 1. The van der Waals surface area contributed by atoms with Crippen LogP contribution in [0, 0.1) is 13.8 Å². The summed E-state index contributed by atoms with van der Waals surface area (Å²) in [6, 6.07) is 16.2. The summed E-state index contributed by atoms with van der Waals surface area (Å²) in [7, 11) is 0. The quantitative estimate of drug-likeness (QED) is 0.270. The normalized spacial score (nSPS) is 15.4. The number of fused-ring (bicyclic) bond motifs is 1. The van der Waals surface area contributed by atoms with Crippen molar-refractivity contribution in [3.05, 3.63) is 70.8 Å². The molecule has 0 spiro atoms. The Kier molecular flexibility index (Phi) is 7.79. The number of ether oxygens (including phenoxy) is 1. The summed E-state index contributed by atoms with van der Waals surface area (Å²) in [5.74, 6) is 1.36. The van der Waals surface area contributed by atoms with Gasteiger partial charge >= 0.3 is 0 Å². The predicted molar refractivity (Wildman–Crippen MR) is 148 cm³/mol. The highest BCUT2D eigenvalue weighted by Gasteiger charge is 2.25. The first-order valence-electron chi connectivity index (χ1n) is 12.4. The van der Waals surface area contributed by atoms with Crippen LogP contribution in [0.2, 0.25) is 5.02 Å². The van der Waals surface area contributed by atoms with Gasteiger partial charge in [-0.15, -0.1) is 11.8 Å². The van der Waals surface area contributed by atoms with E-state index in [2.05, 4.69) is 40.6 Å². The fraction of sp³-hybridized carbons (Fsp3) is 0.357. The number of hydrogen-bond donors (Lipinski definition) is 0. The molecular weight excluding hydrogens is 506 g/mol. The van der Waals surface area contributed by atoms with Gasteiger partial charge in [0.2, 0.25) is 5.91 Å². The van der Waals surface area contributed by atoms with Crippen LogP contribution in [0.5, 0.6) is 0 Å². The molecule has 9 heteroatoms. The number of halogens is 1. The zero-order valence-electron chi connectivity index (χ0n) is 21.3. The Morgan fingerprint density at radius 1 is 1.16 bits per heavy atom. The van der Waals surface area contributed by atoms with Gasteiger partial charge in [0.15, 0.2) is 0 Å². The van der Waals surface area contributed by atoms with Gasteiger partial charge < -0.3 is 9.64 Å². The third kappa shape index (κ3) is 5.98. The second-order valence-electron chi connectivity index (χ2n) is 9.33. The molecule has 1 amide bonds. The van der Waals surface area contributed by atoms with E-state index >= 15 is 0 Å². The number of aryl methyl sites for hydroxylation is 2. The monoisotopic (exact) mass is 535 g/mol. The number of pyridine rings is 1. The first kappa shape index (κ1) is 25.7. The Labute approximate surface area is 226 Å². The molecule has 192 valence electrons. The molecule has 3 heterocycles. The van der Waals surface area contributed by atoms with Crippen LogP contribution in [0.25, 0.3) is 22.2 Å². The van der Waals surface area contributed by atoms with Crippen molar-refractivity contribution in [2.24, 2.45) is 0 Å². The number of hydrogen-bond acceptors (Lipinski definition) is 6. The van der Waals surface area contributed by atoms with Gasteiger partial charge in [-0.25, -0.2) is 14.6 Å². The van der Waals surface area contributed by atoms with E-state index in [4.69, 9.17) is 21.3 Å². The van der Waals surface area contributed by atoms with E-state index in [0.717, 1.165) is 57.9 Å². The van der Waals surface area contributed by atoms with Gasteiger partial charge in [-0.1, -0.05) is 29.8 Å². The van der Waals surface area contributed by atoms with Crippen LogP contribution in [0.3, 0.4) is 0 Å². The van der Waals surface area contributed by atoms with Crippen LogP contribution in [0.1, 0.15) is 30.1 Å². The fourth-order valence-electron chi connectivity index (χ4n) is 4.73. The van der Waals surface area contributed by atoms with Gasteiger partial charge in [0.1, 0.15) is 18.2 Å². The summed E-state index contributed by atoms with van der Waals surface area (Å²) in [6.07, 6.45) is 4.05. The lowest BCUT2D eigenvalue weighted by atomic mass is 10.0. The van der Waals surface area contributed by atoms with Crippen molar-refractivity contribution in [1.29, 1.82) is 0 Å². The van der Waals surface area contributed by atoms with Gasteiger partial charge in [-0.05, 0) is 68.8 Å². The summed E-state index contributed by atoms with van der Waals surface area (Å²) in [5.41, 5.74) is 3.71.